The summed E-state index contributed by atoms with van der Waals surface area (Å²) in [5.74, 6) is -0.919. The van der Waals surface area contributed by atoms with Crippen LogP contribution in [0.5, 0.6) is 0 Å². The first-order valence-electron chi connectivity index (χ1n) is 7.03. The van der Waals surface area contributed by atoms with Crippen molar-refractivity contribution in [2.75, 3.05) is 26.2 Å². The Labute approximate surface area is 123 Å². The quantitative estimate of drug-likeness (QED) is 0.907. The smallest absolute Gasteiger partial charge is 0.251 e. The monoisotopic (exact) mass is 294 g/mol. The van der Waals surface area contributed by atoms with Crippen LogP contribution < -0.4 is 5.32 Å². The van der Waals surface area contributed by atoms with E-state index in [2.05, 4.69) is 5.32 Å². The molecule has 2 rings (SSSR count). The molecule has 1 aromatic rings. The number of hydrogen-bond acceptors (Lipinski definition) is 3. The molecule has 1 N–H and O–H groups in total. The maximum absolute atomic E-state index is 12.8. The van der Waals surface area contributed by atoms with Gasteiger partial charge in [0.1, 0.15) is 5.82 Å². The van der Waals surface area contributed by atoms with Gasteiger partial charge in [0.2, 0.25) is 5.91 Å². The molecule has 1 unspecified atom stereocenters. The van der Waals surface area contributed by atoms with E-state index in [1.54, 1.807) is 4.90 Å². The minimum atomic E-state index is -0.401. The van der Waals surface area contributed by atoms with Gasteiger partial charge in [0.15, 0.2) is 0 Å². The summed E-state index contributed by atoms with van der Waals surface area (Å²) < 4.78 is 18.3. The molecular weight excluding hydrogens is 275 g/mol. The number of morpholine rings is 1. The summed E-state index contributed by atoms with van der Waals surface area (Å²) in [7, 11) is 0. The van der Waals surface area contributed by atoms with Crippen LogP contribution in [-0.2, 0) is 9.53 Å². The van der Waals surface area contributed by atoms with E-state index in [-0.39, 0.29) is 24.5 Å². The highest BCUT2D eigenvalue weighted by molar-refractivity contribution is 5.96. The van der Waals surface area contributed by atoms with Gasteiger partial charge in [-0.05, 0) is 30.7 Å². The molecule has 1 atom stereocenters. The first kappa shape index (κ1) is 15.4. The van der Waals surface area contributed by atoms with E-state index in [0.29, 0.717) is 25.3 Å². The molecule has 0 aromatic heterocycles. The molecule has 2 amide bonds. The lowest BCUT2D eigenvalue weighted by molar-refractivity contribution is -0.137. The number of nitrogens with one attached hydrogen (secondary N) is 1. The molecule has 0 saturated carbocycles. The Morgan fingerprint density at radius 2 is 2.10 bits per heavy atom. The van der Waals surface area contributed by atoms with E-state index in [0.717, 1.165) is 6.42 Å². The van der Waals surface area contributed by atoms with Crippen LogP contribution in [0.3, 0.4) is 0 Å². The Bertz CT molecular complexity index is 504. The molecule has 21 heavy (non-hydrogen) atoms. The van der Waals surface area contributed by atoms with Crippen molar-refractivity contribution in [1.29, 1.82) is 0 Å². The third-order valence-electron chi connectivity index (χ3n) is 3.45. The first-order chi connectivity index (χ1) is 10.1. The number of rotatable bonds is 4. The second-order valence-corrected chi connectivity index (χ2v) is 4.93. The molecule has 6 heteroatoms. The predicted molar refractivity (Wildman–Crippen MR) is 75.3 cm³/mol. The fraction of sp³-hybridized carbons (Fsp3) is 0.467. The number of halogens is 1. The molecule has 1 aromatic carbocycles. The van der Waals surface area contributed by atoms with E-state index in [9.17, 15) is 14.0 Å². The van der Waals surface area contributed by atoms with Crippen LogP contribution in [0.1, 0.15) is 23.7 Å². The van der Waals surface area contributed by atoms with Gasteiger partial charge >= 0.3 is 0 Å². The lowest BCUT2D eigenvalue weighted by Crippen LogP contribution is -2.48. The number of ether oxygens (including phenoxy) is 1. The Hall–Kier alpha value is -1.95. The average Bonchev–Trinajstić information content (AvgIpc) is 2.53. The molecule has 1 saturated heterocycles. The lowest BCUT2D eigenvalue weighted by Gasteiger charge is -2.32. The van der Waals surface area contributed by atoms with Crippen LogP contribution in [-0.4, -0.2) is 49.1 Å². The number of benzene rings is 1. The molecule has 0 spiro atoms. The van der Waals surface area contributed by atoms with Crippen molar-refractivity contribution < 1.29 is 18.7 Å². The number of amides is 2. The molecule has 1 aliphatic rings. The molecule has 1 heterocycles. The van der Waals surface area contributed by atoms with Crippen LogP contribution in [0.15, 0.2) is 24.3 Å². The normalized spacial score (nSPS) is 18.4. The SMILES string of the molecule is CCC1CN(C(=O)CNC(=O)c2ccc(F)cc2)CCO1. The third kappa shape index (κ3) is 4.26. The van der Waals surface area contributed by atoms with Crippen LogP contribution in [0.4, 0.5) is 4.39 Å². The highest BCUT2D eigenvalue weighted by atomic mass is 19.1. The van der Waals surface area contributed by atoms with E-state index >= 15 is 0 Å². The summed E-state index contributed by atoms with van der Waals surface area (Å²) in [6.45, 7) is 3.57. The van der Waals surface area contributed by atoms with Crippen molar-refractivity contribution in [3.05, 3.63) is 35.6 Å². The summed E-state index contributed by atoms with van der Waals surface area (Å²) in [6.07, 6.45) is 0.918. The minimum Gasteiger partial charge on any atom is -0.375 e. The van der Waals surface area contributed by atoms with Crippen LogP contribution in [0.2, 0.25) is 0 Å². The summed E-state index contributed by atoms with van der Waals surface area (Å²) in [5.41, 5.74) is 0.331. The Morgan fingerprint density at radius 3 is 2.76 bits per heavy atom. The molecule has 1 fully saturated rings. The van der Waals surface area contributed by atoms with Gasteiger partial charge in [-0.15, -0.1) is 0 Å². The Morgan fingerprint density at radius 1 is 1.38 bits per heavy atom. The molecule has 0 radical (unpaired) electrons. The topological polar surface area (TPSA) is 58.6 Å². The predicted octanol–water partition coefficient (Wildman–Crippen LogP) is 1.19. The van der Waals surface area contributed by atoms with Gasteiger partial charge in [0.05, 0.1) is 19.3 Å². The van der Waals surface area contributed by atoms with Crippen molar-refractivity contribution in [1.82, 2.24) is 10.2 Å². The summed E-state index contributed by atoms with van der Waals surface area (Å²) >= 11 is 0. The zero-order chi connectivity index (χ0) is 15.2. The largest absolute Gasteiger partial charge is 0.375 e. The summed E-state index contributed by atoms with van der Waals surface area (Å²) in [6, 6.07) is 5.20. The third-order valence-corrected chi connectivity index (χ3v) is 3.45. The molecule has 0 aliphatic carbocycles. The van der Waals surface area contributed by atoms with Crippen molar-refractivity contribution in [3.63, 3.8) is 0 Å². The van der Waals surface area contributed by atoms with Gasteiger partial charge in [-0.1, -0.05) is 6.92 Å². The number of nitrogens with zero attached hydrogens (tertiary/aromatic N) is 1. The lowest BCUT2D eigenvalue weighted by atomic mass is 10.2. The standard InChI is InChI=1S/C15H19FN2O3/c1-2-13-10-18(7-8-21-13)14(19)9-17-15(20)11-3-5-12(16)6-4-11/h3-6,13H,2,7-10H2,1H3,(H,17,20). The molecule has 0 bridgehead atoms. The molecule has 114 valence electrons. The Kier molecular flexibility index (Phi) is 5.27. The number of hydrogen-bond donors (Lipinski definition) is 1. The van der Waals surface area contributed by atoms with Crippen molar-refractivity contribution in [2.24, 2.45) is 0 Å². The van der Waals surface area contributed by atoms with E-state index < -0.39 is 5.82 Å². The zero-order valence-corrected chi connectivity index (χ0v) is 12.0. The second kappa shape index (κ2) is 7.17. The maximum Gasteiger partial charge on any atom is 0.251 e. The van der Waals surface area contributed by atoms with Crippen molar-refractivity contribution in [2.45, 2.75) is 19.4 Å². The number of carbonyl (C=O) groups is 2. The van der Waals surface area contributed by atoms with Gasteiger partial charge in [0, 0.05) is 18.7 Å². The van der Waals surface area contributed by atoms with Crippen LogP contribution in [0.25, 0.3) is 0 Å². The average molecular weight is 294 g/mol. The summed E-state index contributed by atoms with van der Waals surface area (Å²) in [4.78, 5) is 25.6. The van der Waals surface area contributed by atoms with E-state index in [1.807, 2.05) is 6.92 Å². The minimum absolute atomic E-state index is 0.0629. The van der Waals surface area contributed by atoms with E-state index in [1.165, 1.54) is 24.3 Å². The Balaban J connectivity index is 1.83. The second-order valence-electron chi connectivity index (χ2n) is 4.93. The molecular formula is C15H19FN2O3. The van der Waals surface area contributed by atoms with Gasteiger partial charge < -0.3 is 15.0 Å². The van der Waals surface area contributed by atoms with Gasteiger partial charge in [0.25, 0.3) is 5.91 Å². The van der Waals surface area contributed by atoms with Gasteiger partial charge in [-0.3, -0.25) is 9.59 Å². The summed E-state index contributed by atoms with van der Waals surface area (Å²) in [5, 5.41) is 2.55. The highest BCUT2D eigenvalue weighted by Gasteiger charge is 2.23. The molecule has 5 nitrogen and oxygen atoms in total. The van der Waals surface area contributed by atoms with E-state index in [4.69, 9.17) is 4.74 Å². The molecule has 1 aliphatic heterocycles. The van der Waals surface area contributed by atoms with Crippen molar-refractivity contribution in [3.8, 4) is 0 Å². The highest BCUT2D eigenvalue weighted by Crippen LogP contribution is 2.08. The number of carbonyl (C=O) groups excluding carboxylic acids is 2. The van der Waals surface area contributed by atoms with Crippen molar-refractivity contribution >= 4 is 11.8 Å². The maximum atomic E-state index is 12.8. The van der Waals surface area contributed by atoms with Gasteiger partial charge in [-0.25, -0.2) is 4.39 Å². The van der Waals surface area contributed by atoms with Crippen LogP contribution >= 0.6 is 0 Å². The first-order valence-corrected chi connectivity index (χ1v) is 7.03. The van der Waals surface area contributed by atoms with Crippen LogP contribution in [0, 0.1) is 5.82 Å². The fourth-order valence-corrected chi connectivity index (χ4v) is 2.16. The fourth-order valence-electron chi connectivity index (χ4n) is 2.16. The zero-order valence-electron chi connectivity index (χ0n) is 12.0. The van der Waals surface area contributed by atoms with Gasteiger partial charge in [-0.2, -0.15) is 0 Å².